The molecule has 1 atom stereocenters. The highest BCUT2D eigenvalue weighted by Crippen LogP contribution is 2.28. The van der Waals surface area contributed by atoms with Crippen molar-refractivity contribution in [3.63, 3.8) is 0 Å². The van der Waals surface area contributed by atoms with Crippen LogP contribution in [-0.4, -0.2) is 23.4 Å². The van der Waals surface area contributed by atoms with Crippen LogP contribution in [-0.2, 0) is 13.5 Å². The van der Waals surface area contributed by atoms with Gasteiger partial charge in [0, 0.05) is 29.5 Å². The van der Waals surface area contributed by atoms with Crippen LogP contribution < -0.4 is 5.32 Å². The maximum absolute atomic E-state index is 6.35. The standard InChI is InChI=1S/C15H19BrClN3/c1-10-14(15(17)20(3)19-10)8-12(9-18-2)11-5-4-6-13(16)7-11/h4-7,12,18H,8-9H2,1-3H3. The van der Waals surface area contributed by atoms with Crippen molar-refractivity contribution in [2.75, 3.05) is 13.6 Å². The summed E-state index contributed by atoms with van der Waals surface area (Å²) < 4.78 is 2.84. The Balaban J connectivity index is 2.30. The number of halogens is 2. The lowest BCUT2D eigenvalue weighted by Gasteiger charge is -2.17. The first-order valence-electron chi connectivity index (χ1n) is 6.61. The van der Waals surface area contributed by atoms with E-state index in [-0.39, 0.29) is 0 Å². The molecule has 2 rings (SSSR count). The number of aryl methyl sites for hydroxylation is 2. The zero-order chi connectivity index (χ0) is 14.7. The molecule has 1 aromatic carbocycles. The Hall–Kier alpha value is -0.840. The summed E-state index contributed by atoms with van der Waals surface area (Å²) in [5, 5.41) is 8.39. The number of rotatable bonds is 5. The molecule has 1 unspecified atom stereocenters. The molecule has 0 saturated heterocycles. The molecule has 0 fully saturated rings. The molecule has 0 aliphatic rings. The van der Waals surface area contributed by atoms with E-state index in [1.165, 1.54) is 5.56 Å². The maximum atomic E-state index is 6.35. The second kappa shape index (κ2) is 6.74. The molecule has 108 valence electrons. The molecule has 2 aromatic rings. The Morgan fingerprint density at radius 1 is 1.45 bits per heavy atom. The van der Waals surface area contributed by atoms with E-state index in [0.29, 0.717) is 5.92 Å². The number of nitrogens with one attached hydrogen (secondary N) is 1. The van der Waals surface area contributed by atoms with Gasteiger partial charge in [0.15, 0.2) is 0 Å². The normalized spacial score (nSPS) is 12.7. The predicted molar refractivity (Wildman–Crippen MR) is 87.5 cm³/mol. The van der Waals surface area contributed by atoms with Gasteiger partial charge in [-0.1, -0.05) is 39.7 Å². The molecular weight excluding hydrogens is 338 g/mol. The third-order valence-corrected chi connectivity index (χ3v) is 4.46. The van der Waals surface area contributed by atoms with Gasteiger partial charge in [-0.3, -0.25) is 4.68 Å². The molecule has 1 N–H and O–H groups in total. The molecule has 1 heterocycles. The monoisotopic (exact) mass is 355 g/mol. The number of aromatic nitrogens is 2. The fourth-order valence-corrected chi connectivity index (χ4v) is 3.14. The van der Waals surface area contributed by atoms with Crippen LogP contribution in [0, 0.1) is 6.92 Å². The van der Waals surface area contributed by atoms with Crippen molar-refractivity contribution in [3.8, 4) is 0 Å². The average Bonchev–Trinajstić information content (AvgIpc) is 2.64. The van der Waals surface area contributed by atoms with Crippen LogP contribution in [0.1, 0.15) is 22.7 Å². The minimum absolute atomic E-state index is 0.373. The molecule has 0 saturated carbocycles. The summed E-state index contributed by atoms with van der Waals surface area (Å²) in [6.07, 6.45) is 0.885. The summed E-state index contributed by atoms with van der Waals surface area (Å²) in [6.45, 7) is 2.92. The van der Waals surface area contributed by atoms with E-state index in [1.54, 1.807) is 4.68 Å². The Morgan fingerprint density at radius 2 is 2.20 bits per heavy atom. The Kier molecular flexibility index (Phi) is 5.24. The quantitative estimate of drug-likeness (QED) is 0.885. The minimum Gasteiger partial charge on any atom is -0.319 e. The third kappa shape index (κ3) is 3.43. The molecule has 3 nitrogen and oxygen atoms in total. The van der Waals surface area contributed by atoms with Crippen LogP contribution in [0.4, 0.5) is 0 Å². The van der Waals surface area contributed by atoms with E-state index < -0.39 is 0 Å². The SMILES string of the molecule is CNCC(Cc1c(C)nn(C)c1Cl)c1cccc(Br)c1. The van der Waals surface area contributed by atoms with Crippen molar-refractivity contribution in [2.24, 2.45) is 7.05 Å². The van der Waals surface area contributed by atoms with Gasteiger partial charge in [0.2, 0.25) is 0 Å². The summed E-state index contributed by atoms with van der Waals surface area (Å²) in [7, 11) is 3.85. The Labute approximate surface area is 133 Å². The lowest BCUT2D eigenvalue weighted by molar-refractivity contribution is 0.624. The van der Waals surface area contributed by atoms with Crippen molar-refractivity contribution >= 4 is 27.5 Å². The van der Waals surface area contributed by atoms with Crippen LogP contribution in [0.3, 0.4) is 0 Å². The van der Waals surface area contributed by atoms with E-state index in [4.69, 9.17) is 11.6 Å². The highest BCUT2D eigenvalue weighted by molar-refractivity contribution is 9.10. The largest absolute Gasteiger partial charge is 0.319 e. The number of nitrogens with zero attached hydrogens (tertiary/aromatic N) is 2. The molecular formula is C15H19BrClN3. The lowest BCUT2D eigenvalue weighted by Crippen LogP contribution is -2.19. The van der Waals surface area contributed by atoms with Gasteiger partial charge < -0.3 is 5.32 Å². The number of likely N-dealkylation sites (N-methyl/N-ethyl adjacent to an activating group) is 1. The fraction of sp³-hybridized carbons (Fsp3) is 0.400. The van der Waals surface area contributed by atoms with Gasteiger partial charge in [-0.05, 0) is 38.1 Å². The van der Waals surface area contributed by atoms with Gasteiger partial charge in [0.05, 0.1) is 5.69 Å². The predicted octanol–water partition coefficient (Wildman–Crippen LogP) is 3.69. The molecule has 20 heavy (non-hydrogen) atoms. The van der Waals surface area contributed by atoms with E-state index in [2.05, 4.69) is 44.5 Å². The summed E-state index contributed by atoms with van der Waals surface area (Å²) in [6, 6.07) is 8.44. The first kappa shape index (κ1) is 15.5. The van der Waals surface area contributed by atoms with Gasteiger partial charge in [-0.25, -0.2) is 0 Å². The highest BCUT2D eigenvalue weighted by Gasteiger charge is 2.18. The average molecular weight is 357 g/mol. The smallest absolute Gasteiger partial charge is 0.130 e. The van der Waals surface area contributed by atoms with E-state index in [1.807, 2.05) is 27.1 Å². The van der Waals surface area contributed by atoms with E-state index in [9.17, 15) is 0 Å². The fourth-order valence-electron chi connectivity index (χ4n) is 2.47. The molecule has 1 aromatic heterocycles. The summed E-state index contributed by atoms with van der Waals surface area (Å²) in [5.41, 5.74) is 3.44. The summed E-state index contributed by atoms with van der Waals surface area (Å²) >= 11 is 9.88. The summed E-state index contributed by atoms with van der Waals surface area (Å²) in [5.74, 6) is 0.373. The first-order chi connectivity index (χ1) is 9.52. The molecule has 0 radical (unpaired) electrons. The molecule has 0 amide bonds. The van der Waals surface area contributed by atoms with Crippen LogP contribution in [0.2, 0.25) is 5.15 Å². The van der Waals surface area contributed by atoms with E-state index >= 15 is 0 Å². The van der Waals surface area contributed by atoms with E-state index in [0.717, 1.165) is 33.8 Å². The van der Waals surface area contributed by atoms with Crippen molar-refractivity contribution < 1.29 is 0 Å². The van der Waals surface area contributed by atoms with Gasteiger partial charge in [0.25, 0.3) is 0 Å². The van der Waals surface area contributed by atoms with Gasteiger partial charge in [0.1, 0.15) is 5.15 Å². The van der Waals surface area contributed by atoms with Crippen molar-refractivity contribution in [3.05, 3.63) is 50.7 Å². The Bertz CT molecular complexity index is 595. The van der Waals surface area contributed by atoms with Gasteiger partial charge >= 0.3 is 0 Å². The molecule has 0 bridgehead atoms. The number of hydrogen-bond acceptors (Lipinski definition) is 2. The number of benzene rings is 1. The summed E-state index contributed by atoms with van der Waals surface area (Å²) in [4.78, 5) is 0. The van der Waals surface area contributed by atoms with Gasteiger partial charge in [-0.15, -0.1) is 0 Å². The second-order valence-corrected chi connectivity index (χ2v) is 6.27. The lowest BCUT2D eigenvalue weighted by atomic mass is 9.92. The van der Waals surface area contributed by atoms with Crippen LogP contribution in [0.5, 0.6) is 0 Å². The van der Waals surface area contributed by atoms with Crippen LogP contribution in [0.25, 0.3) is 0 Å². The highest BCUT2D eigenvalue weighted by atomic mass is 79.9. The topological polar surface area (TPSA) is 29.9 Å². The zero-order valence-corrected chi connectivity index (χ0v) is 14.3. The van der Waals surface area contributed by atoms with Gasteiger partial charge in [-0.2, -0.15) is 5.10 Å². The Morgan fingerprint density at radius 3 is 2.75 bits per heavy atom. The third-order valence-electron chi connectivity index (χ3n) is 3.49. The molecule has 5 heteroatoms. The van der Waals surface area contributed by atoms with Crippen molar-refractivity contribution in [2.45, 2.75) is 19.3 Å². The molecule has 0 aliphatic heterocycles. The molecule has 0 aliphatic carbocycles. The van der Waals surface area contributed by atoms with Crippen molar-refractivity contribution in [1.29, 1.82) is 0 Å². The first-order valence-corrected chi connectivity index (χ1v) is 7.78. The zero-order valence-electron chi connectivity index (χ0n) is 12.0. The second-order valence-electron chi connectivity index (χ2n) is 4.99. The van der Waals surface area contributed by atoms with Crippen LogP contribution >= 0.6 is 27.5 Å². The maximum Gasteiger partial charge on any atom is 0.130 e. The molecule has 0 spiro atoms. The minimum atomic E-state index is 0.373. The number of hydrogen-bond donors (Lipinski definition) is 1. The van der Waals surface area contributed by atoms with Crippen LogP contribution in [0.15, 0.2) is 28.7 Å². The van der Waals surface area contributed by atoms with Crippen molar-refractivity contribution in [1.82, 2.24) is 15.1 Å².